The van der Waals surface area contributed by atoms with Crippen LogP contribution in [0.2, 0.25) is 0 Å². The molecule has 4 nitrogen and oxygen atoms in total. The second kappa shape index (κ2) is 9.66. The molecule has 0 fully saturated rings. The van der Waals surface area contributed by atoms with Gasteiger partial charge in [-0.25, -0.2) is 0 Å². The number of benzene rings is 1. The molecule has 0 radical (unpaired) electrons. The van der Waals surface area contributed by atoms with Crippen molar-refractivity contribution in [3.63, 3.8) is 0 Å². The molecule has 0 unspecified atom stereocenters. The maximum Gasteiger partial charge on any atom is 0.254 e. The van der Waals surface area contributed by atoms with Gasteiger partial charge < -0.3 is 9.30 Å². The van der Waals surface area contributed by atoms with E-state index in [1.54, 1.807) is 10.6 Å². The molecule has 0 spiro atoms. The molecule has 0 aliphatic heterocycles. The van der Waals surface area contributed by atoms with Crippen LogP contribution in [0.1, 0.15) is 45.1 Å². The number of hydrogen-bond donors (Lipinski definition) is 0. The average Bonchev–Trinajstić information content (AvgIpc) is 2.60. The first-order valence-electron chi connectivity index (χ1n) is 8.99. The van der Waals surface area contributed by atoms with E-state index < -0.39 is 0 Å². The van der Waals surface area contributed by atoms with Crippen LogP contribution in [0.15, 0.2) is 29.1 Å². The molecule has 0 saturated carbocycles. The van der Waals surface area contributed by atoms with Gasteiger partial charge in [-0.2, -0.15) is 0 Å². The number of aromatic nitrogens is 1. The summed E-state index contributed by atoms with van der Waals surface area (Å²) in [5.74, 6) is 1.54. The van der Waals surface area contributed by atoms with Gasteiger partial charge in [0.15, 0.2) is 5.12 Å². The van der Waals surface area contributed by atoms with E-state index >= 15 is 0 Å². The van der Waals surface area contributed by atoms with E-state index in [0.29, 0.717) is 25.3 Å². The van der Waals surface area contributed by atoms with Crippen LogP contribution in [0, 0.1) is 6.92 Å². The smallest absolute Gasteiger partial charge is 0.254 e. The van der Waals surface area contributed by atoms with E-state index in [1.807, 2.05) is 39.0 Å². The molecule has 2 aromatic rings. The molecule has 0 N–H and O–H groups in total. The number of ether oxygens (including phenoxy) is 1. The first-order chi connectivity index (χ1) is 12.1. The minimum Gasteiger partial charge on any atom is -0.493 e. The number of aryl methyl sites for hydroxylation is 2. The highest BCUT2D eigenvalue weighted by Gasteiger charge is 2.09. The summed E-state index contributed by atoms with van der Waals surface area (Å²) >= 11 is 1.42. The zero-order chi connectivity index (χ0) is 18.2. The maximum atomic E-state index is 12.3. The van der Waals surface area contributed by atoms with Crippen LogP contribution in [0.25, 0.3) is 10.9 Å². The molecule has 2 rings (SSSR count). The van der Waals surface area contributed by atoms with Crippen LogP contribution in [-0.2, 0) is 11.3 Å². The number of carbonyl (C=O) groups is 1. The standard InChI is InChI=1S/C20H27NO3S/c1-4-20(23)25-12-8-6-7-11-24-18-14-19(22)21(5-2)17-13-15(3)9-10-16(17)18/h9-10,13-14H,4-8,11-12H2,1-3H3. The summed E-state index contributed by atoms with van der Waals surface area (Å²) in [6.45, 7) is 7.13. The van der Waals surface area contributed by atoms with Gasteiger partial charge in [0, 0.05) is 30.2 Å². The van der Waals surface area contributed by atoms with Crippen molar-refractivity contribution < 1.29 is 9.53 Å². The molecule has 5 heteroatoms. The van der Waals surface area contributed by atoms with Gasteiger partial charge in [-0.1, -0.05) is 24.8 Å². The lowest BCUT2D eigenvalue weighted by Gasteiger charge is -2.13. The Bertz CT molecular complexity index is 782. The van der Waals surface area contributed by atoms with Gasteiger partial charge in [0.25, 0.3) is 5.56 Å². The van der Waals surface area contributed by atoms with Gasteiger partial charge in [0.1, 0.15) is 5.75 Å². The predicted molar refractivity (Wildman–Crippen MR) is 106 cm³/mol. The zero-order valence-electron chi connectivity index (χ0n) is 15.3. The third kappa shape index (κ3) is 5.36. The molecule has 0 saturated heterocycles. The van der Waals surface area contributed by atoms with E-state index in [0.717, 1.165) is 41.5 Å². The number of rotatable bonds is 9. The summed E-state index contributed by atoms with van der Waals surface area (Å²) in [7, 11) is 0. The molecule has 0 amide bonds. The van der Waals surface area contributed by atoms with E-state index in [1.165, 1.54) is 11.8 Å². The number of pyridine rings is 1. The van der Waals surface area contributed by atoms with Crippen LogP contribution >= 0.6 is 11.8 Å². The third-order valence-corrected chi connectivity index (χ3v) is 5.25. The fourth-order valence-electron chi connectivity index (χ4n) is 2.76. The van der Waals surface area contributed by atoms with Crippen molar-refractivity contribution in [1.82, 2.24) is 4.57 Å². The number of fused-ring (bicyclic) bond motifs is 1. The summed E-state index contributed by atoms with van der Waals surface area (Å²) in [4.78, 5) is 23.5. The van der Waals surface area contributed by atoms with Gasteiger partial charge >= 0.3 is 0 Å². The normalized spacial score (nSPS) is 11.0. The van der Waals surface area contributed by atoms with Crippen molar-refractivity contribution in [3.05, 3.63) is 40.2 Å². The first-order valence-corrected chi connectivity index (χ1v) is 9.98. The Morgan fingerprint density at radius 1 is 1.16 bits per heavy atom. The Balaban J connectivity index is 1.95. The minimum atomic E-state index is -0.0231. The lowest BCUT2D eigenvalue weighted by atomic mass is 10.1. The number of unbranched alkanes of at least 4 members (excludes halogenated alkanes) is 2. The maximum absolute atomic E-state index is 12.3. The average molecular weight is 362 g/mol. The van der Waals surface area contributed by atoms with Crippen molar-refractivity contribution in [3.8, 4) is 5.75 Å². The van der Waals surface area contributed by atoms with Gasteiger partial charge in [0.2, 0.25) is 0 Å². The van der Waals surface area contributed by atoms with Crippen LogP contribution in [0.3, 0.4) is 0 Å². The fourth-order valence-corrected chi connectivity index (χ4v) is 3.54. The second-order valence-corrected chi connectivity index (χ2v) is 7.25. The highest BCUT2D eigenvalue weighted by Crippen LogP contribution is 2.25. The van der Waals surface area contributed by atoms with E-state index in [9.17, 15) is 9.59 Å². The molecule has 0 aliphatic carbocycles. The Kier molecular flexibility index (Phi) is 7.56. The predicted octanol–water partition coefficient (Wildman–Crippen LogP) is 4.55. The molecular weight excluding hydrogens is 334 g/mol. The molecule has 1 aromatic carbocycles. The van der Waals surface area contributed by atoms with Crippen LogP contribution < -0.4 is 10.3 Å². The van der Waals surface area contributed by atoms with Gasteiger partial charge in [-0.15, -0.1) is 0 Å². The Morgan fingerprint density at radius 3 is 2.68 bits per heavy atom. The molecule has 0 bridgehead atoms. The molecule has 0 aliphatic rings. The van der Waals surface area contributed by atoms with Crippen LogP contribution in [-0.4, -0.2) is 22.0 Å². The highest BCUT2D eigenvalue weighted by atomic mass is 32.2. The number of nitrogens with zero attached hydrogens (tertiary/aromatic N) is 1. The summed E-state index contributed by atoms with van der Waals surface area (Å²) in [6, 6.07) is 7.70. The molecule has 1 heterocycles. The number of carbonyl (C=O) groups excluding carboxylic acids is 1. The number of thioether (sulfide) groups is 1. The Hall–Kier alpha value is -1.75. The van der Waals surface area contributed by atoms with Gasteiger partial charge in [-0.3, -0.25) is 9.59 Å². The number of hydrogen-bond acceptors (Lipinski definition) is 4. The van der Waals surface area contributed by atoms with Crippen LogP contribution in [0.5, 0.6) is 5.75 Å². The minimum absolute atomic E-state index is 0.0231. The van der Waals surface area contributed by atoms with Crippen molar-refractivity contribution in [2.75, 3.05) is 12.4 Å². The Labute approximate surface area is 153 Å². The molecular formula is C20H27NO3S. The third-order valence-electron chi connectivity index (χ3n) is 4.14. The quantitative estimate of drug-likeness (QED) is 0.615. The fraction of sp³-hybridized carbons (Fsp3) is 0.500. The summed E-state index contributed by atoms with van der Waals surface area (Å²) in [5.41, 5.74) is 2.04. The Morgan fingerprint density at radius 2 is 1.96 bits per heavy atom. The second-order valence-electron chi connectivity index (χ2n) is 6.09. The molecule has 0 atom stereocenters. The summed E-state index contributed by atoms with van der Waals surface area (Å²) in [5, 5.41) is 1.24. The van der Waals surface area contributed by atoms with E-state index in [-0.39, 0.29) is 10.7 Å². The van der Waals surface area contributed by atoms with Crippen molar-refractivity contribution in [1.29, 1.82) is 0 Å². The van der Waals surface area contributed by atoms with Crippen molar-refractivity contribution in [2.45, 2.75) is 53.0 Å². The lowest BCUT2D eigenvalue weighted by molar-refractivity contribution is -0.110. The van der Waals surface area contributed by atoms with E-state index in [2.05, 4.69) is 0 Å². The van der Waals surface area contributed by atoms with Crippen LogP contribution in [0.4, 0.5) is 0 Å². The van der Waals surface area contributed by atoms with E-state index in [4.69, 9.17) is 4.74 Å². The topological polar surface area (TPSA) is 48.3 Å². The first kappa shape index (κ1) is 19.6. The van der Waals surface area contributed by atoms with Crippen molar-refractivity contribution in [2.24, 2.45) is 0 Å². The molecule has 1 aromatic heterocycles. The molecule has 25 heavy (non-hydrogen) atoms. The monoisotopic (exact) mass is 361 g/mol. The summed E-state index contributed by atoms with van der Waals surface area (Å²) in [6.07, 6.45) is 3.55. The molecule has 136 valence electrons. The van der Waals surface area contributed by atoms with Gasteiger partial charge in [0.05, 0.1) is 12.1 Å². The largest absolute Gasteiger partial charge is 0.493 e. The SMILES string of the molecule is CCC(=O)SCCCCCOc1cc(=O)n(CC)c2cc(C)ccc12. The van der Waals surface area contributed by atoms with Gasteiger partial charge in [-0.05, 0) is 50.8 Å². The summed E-state index contributed by atoms with van der Waals surface area (Å²) < 4.78 is 7.68. The zero-order valence-corrected chi connectivity index (χ0v) is 16.2. The lowest BCUT2D eigenvalue weighted by Crippen LogP contribution is -2.19. The van der Waals surface area contributed by atoms with Crippen molar-refractivity contribution >= 4 is 27.8 Å². The highest BCUT2D eigenvalue weighted by molar-refractivity contribution is 8.13.